The molecule has 0 aliphatic rings. The smallest absolute Gasteiger partial charge is 0.255 e. The first kappa shape index (κ1) is 21.9. The van der Waals surface area contributed by atoms with Crippen LogP contribution < -0.4 is 10.2 Å². The quantitative estimate of drug-likeness (QED) is 0.691. The Morgan fingerprint density at radius 3 is 1.82 bits per heavy atom. The number of nitrogens with zero attached hydrogens (tertiary/aromatic N) is 2. The Hall–Kier alpha value is -2.38. The Bertz CT molecular complexity index is 870. The molecule has 0 atom stereocenters. The fraction of sp³-hybridized carbons (Fsp3) is 0.381. The standard InChI is InChI=1S/C21H29N3O3S/c1-5-23(6-2)19-13-11-18(12-14-19)22-21(25)17-9-15-20(16-10-17)28(26,27)24(7-3)8-4/h9-16H,5-8H2,1-4H3,(H,22,25). The van der Waals surface area contributed by atoms with Gasteiger partial charge in [0.15, 0.2) is 0 Å². The van der Waals surface area contributed by atoms with Crippen molar-refractivity contribution >= 4 is 27.3 Å². The van der Waals surface area contributed by atoms with Gasteiger partial charge < -0.3 is 10.2 Å². The Morgan fingerprint density at radius 2 is 1.36 bits per heavy atom. The molecule has 152 valence electrons. The minimum absolute atomic E-state index is 0.191. The molecule has 0 fully saturated rings. The number of rotatable bonds is 9. The number of nitrogens with one attached hydrogen (secondary N) is 1. The molecule has 2 aromatic rings. The van der Waals surface area contributed by atoms with Crippen LogP contribution in [0.15, 0.2) is 53.4 Å². The zero-order valence-corrected chi connectivity index (χ0v) is 17.8. The average Bonchev–Trinajstić information content (AvgIpc) is 2.71. The third-order valence-corrected chi connectivity index (χ3v) is 6.78. The highest BCUT2D eigenvalue weighted by Gasteiger charge is 2.21. The minimum Gasteiger partial charge on any atom is -0.372 e. The molecule has 2 aromatic carbocycles. The maximum absolute atomic E-state index is 12.5. The fourth-order valence-corrected chi connectivity index (χ4v) is 4.50. The molecule has 0 saturated carbocycles. The summed E-state index contributed by atoms with van der Waals surface area (Å²) >= 11 is 0. The van der Waals surface area contributed by atoms with E-state index in [-0.39, 0.29) is 10.8 Å². The Kier molecular flexibility index (Phi) is 7.60. The van der Waals surface area contributed by atoms with E-state index < -0.39 is 10.0 Å². The summed E-state index contributed by atoms with van der Waals surface area (Å²) in [6.07, 6.45) is 0. The predicted molar refractivity (Wildman–Crippen MR) is 115 cm³/mol. The highest BCUT2D eigenvalue weighted by Crippen LogP contribution is 2.20. The summed E-state index contributed by atoms with van der Waals surface area (Å²) in [5.41, 5.74) is 2.21. The van der Waals surface area contributed by atoms with Gasteiger partial charge in [-0.15, -0.1) is 0 Å². The molecule has 1 N–H and O–H groups in total. The number of carbonyl (C=O) groups is 1. The Balaban J connectivity index is 2.11. The van der Waals surface area contributed by atoms with Crippen molar-refractivity contribution < 1.29 is 13.2 Å². The summed E-state index contributed by atoms with van der Waals surface area (Å²) in [4.78, 5) is 14.9. The van der Waals surface area contributed by atoms with Gasteiger partial charge in [0.1, 0.15) is 0 Å². The number of hydrogen-bond acceptors (Lipinski definition) is 4. The molecule has 0 aliphatic heterocycles. The summed E-state index contributed by atoms with van der Waals surface area (Å²) in [6.45, 7) is 10.5. The van der Waals surface area contributed by atoms with Crippen molar-refractivity contribution in [2.75, 3.05) is 36.4 Å². The van der Waals surface area contributed by atoms with E-state index in [0.29, 0.717) is 24.3 Å². The van der Waals surface area contributed by atoms with Gasteiger partial charge in [-0.25, -0.2) is 8.42 Å². The van der Waals surface area contributed by atoms with Gasteiger partial charge in [-0.2, -0.15) is 4.31 Å². The van der Waals surface area contributed by atoms with Crippen LogP contribution in [0.3, 0.4) is 0 Å². The van der Waals surface area contributed by atoms with Gasteiger partial charge in [0.05, 0.1) is 4.90 Å². The molecule has 28 heavy (non-hydrogen) atoms. The number of sulfonamides is 1. The third kappa shape index (κ3) is 4.91. The number of amides is 1. The molecule has 7 heteroatoms. The lowest BCUT2D eigenvalue weighted by molar-refractivity contribution is 0.102. The monoisotopic (exact) mass is 403 g/mol. The molecule has 0 spiro atoms. The molecule has 0 aliphatic carbocycles. The second kappa shape index (κ2) is 9.71. The van der Waals surface area contributed by atoms with Crippen LogP contribution >= 0.6 is 0 Å². The van der Waals surface area contributed by atoms with E-state index in [1.807, 2.05) is 24.3 Å². The summed E-state index contributed by atoms with van der Waals surface area (Å²) in [6, 6.07) is 13.7. The minimum atomic E-state index is -3.52. The Labute approximate surface area is 168 Å². The Morgan fingerprint density at radius 1 is 0.821 bits per heavy atom. The van der Waals surface area contributed by atoms with Crippen LogP contribution in [0.5, 0.6) is 0 Å². The highest BCUT2D eigenvalue weighted by atomic mass is 32.2. The maximum Gasteiger partial charge on any atom is 0.255 e. The highest BCUT2D eigenvalue weighted by molar-refractivity contribution is 7.89. The third-order valence-electron chi connectivity index (χ3n) is 4.71. The second-order valence-corrected chi connectivity index (χ2v) is 8.22. The summed E-state index contributed by atoms with van der Waals surface area (Å²) in [5, 5.41) is 2.85. The van der Waals surface area contributed by atoms with Gasteiger partial charge in [-0.1, -0.05) is 13.8 Å². The lowest BCUT2D eigenvalue weighted by atomic mass is 10.2. The van der Waals surface area contributed by atoms with E-state index in [2.05, 4.69) is 24.1 Å². The van der Waals surface area contributed by atoms with Gasteiger partial charge >= 0.3 is 0 Å². The van der Waals surface area contributed by atoms with Crippen molar-refractivity contribution in [3.8, 4) is 0 Å². The van der Waals surface area contributed by atoms with Crippen LogP contribution in [0.2, 0.25) is 0 Å². The maximum atomic E-state index is 12.5. The predicted octanol–water partition coefficient (Wildman–Crippen LogP) is 3.82. The van der Waals surface area contributed by atoms with Crippen molar-refractivity contribution in [2.24, 2.45) is 0 Å². The van der Waals surface area contributed by atoms with E-state index in [9.17, 15) is 13.2 Å². The normalized spacial score (nSPS) is 11.5. The molecule has 0 unspecified atom stereocenters. The van der Waals surface area contributed by atoms with Crippen molar-refractivity contribution in [1.82, 2.24) is 4.31 Å². The van der Waals surface area contributed by atoms with Crippen LogP contribution in [-0.2, 0) is 10.0 Å². The first-order valence-corrected chi connectivity index (χ1v) is 11.1. The van der Waals surface area contributed by atoms with E-state index in [0.717, 1.165) is 18.8 Å². The molecular weight excluding hydrogens is 374 g/mol. The lowest BCUT2D eigenvalue weighted by Gasteiger charge is -2.21. The molecule has 2 rings (SSSR count). The first-order valence-electron chi connectivity index (χ1n) is 9.63. The molecule has 6 nitrogen and oxygen atoms in total. The van der Waals surface area contributed by atoms with E-state index >= 15 is 0 Å². The topological polar surface area (TPSA) is 69.7 Å². The van der Waals surface area contributed by atoms with Gasteiger partial charge in [-0.05, 0) is 62.4 Å². The van der Waals surface area contributed by atoms with E-state index in [4.69, 9.17) is 0 Å². The van der Waals surface area contributed by atoms with E-state index in [1.165, 1.54) is 28.6 Å². The van der Waals surface area contributed by atoms with Gasteiger partial charge in [0, 0.05) is 43.1 Å². The van der Waals surface area contributed by atoms with Gasteiger partial charge in [-0.3, -0.25) is 4.79 Å². The zero-order chi connectivity index (χ0) is 20.7. The molecule has 0 bridgehead atoms. The first-order chi connectivity index (χ1) is 13.4. The molecular formula is C21H29N3O3S. The second-order valence-electron chi connectivity index (χ2n) is 6.29. The zero-order valence-electron chi connectivity index (χ0n) is 17.0. The van der Waals surface area contributed by atoms with E-state index in [1.54, 1.807) is 13.8 Å². The number of carbonyl (C=O) groups excluding carboxylic acids is 1. The van der Waals surface area contributed by atoms with Gasteiger partial charge in [0.2, 0.25) is 10.0 Å². The number of benzene rings is 2. The number of anilines is 2. The SMILES string of the molecule is CCN(CC)c1ccc(NC(=O)c2ccc(S(=O)(=O)N(CC)CC)cc2)cc1. The molecule has 0 saturated heterocycles. The molecule has 1 amide bonds. The number of hydrogen-bond donors (Lipinski definition) is 1. The van der Waals surface area contributed by atoms with Crippen LogP contribution in [0.25, 0.3) is 0 Å². The molecule has 0 heterocycles. The van der Waals surface area contributed by atoms with Crippen LogP contribution in [0.4, 0.5) is 11.4 Å². The summed E-state index contributed by atoms with van der Waals surface area (Å²) in [5.74, 6) is -0.276. The van der Waals surface area contributed by atoms with Crippen molar-refractivity contribution in [3.63, 3.8) is 0 Å². The van der Waals surface area contributed by atoms with Crippen molar-refractivity contribution in [2.45, 2.75) is 32.6 Å². The van der Waals surface area contributed by atoms with Crippen LogP contribution in [-0.4, -0.2) is 44.8 Å². The van der Waals surface area contributed by atoms with Crippen molar-refractivity contribution in [1.29, 1.82) is 0 Å². The average molecular weight is 404 g/mol. The van der Waals surface area contributed by atoms with Crippen LogP contribution in [0, 0.1) is 0 Å². The van der Waals surface area contributed by atoms with Crippen LogP contribution in [0.1, 0.15) is 38.1 Å². The molecule has 0 radical (unpaired) electrons. The lowest BCUT2D eigenvalue weighted by Crippen LogP contribution is -2.30. The fourth-order valence-electron chi connectivity index (χ4n) is 3.04. The van der Waals surface area contributed by atoms with Gasteiger partial charge in [0.25, 0.3) is 5.91 Å². The van der Waals surface area contributed by atoms with Crippen molar-refractivity contribution in [3.05, 3.63) is 54.1 Å². The summed E-state index contributed by atoms with van der Waals surface area (Å²) in [7, 11) is -3.52. The molecule has 0 aromatic heterocycles. The largest absolute Gasteiger partial charge is 0.372 e. The summed E-state index contributed by atoms with van der Waals surface area (Å²) < 4.78 is 26.4.